The second-order valence-corrected chi connectivity index (χ2v) is 3.39. The second kappa shape index (κ2) is 6.23. The van der Waals surface area contributed by atoms with Gasteiger partial charge in [0, 0.05) is 6.42 Å². The summed E-state index contributed by atoms with van der Waals surface area (Å²) in [5.41, 5.74) is 0.745. The molecular formula is C13H16O2. The maximum Gasteiger partial charge on any atom is 0.105 e. The predicted octanol–water partition coefficient (Wildman–Crippen LogP) is 1.88. The van der Waals surface area contributed by atoms with Gasteiger partial charge in [-0.2, -0.15) is 0 Å². The van der Waals surface area contributed by atoms with Crippen LogP contribution < -0.4 is 0 Å². The van der Waals surface area contributed by atoms with Crippen molar-refractivity contribution in [3.8, 4) is 11.8 Å². The molecule has 2 unspecified atom stereocenters. The molecule has 0 amide bonds. The summed E-state index contributed by atoms with van der Waals surface area (Å²) in [5.74, 6) is 5.62. The minimum absolute atomic E-state index is 0.497. The summed E-state index contributed by atoms with van der Waals surface area (Å²) < 4.78 is 0. The summed E-state index contributed by atoms with van der Waals surface area (Å²) in [6, 6.07) is 9.18. The van der Waals surface area contributed by atoms with Gasteiger partial charge < -0.3 is 10.2 Å². The van der Waals surface area contributed by atoms with Crippen molar-refractivity contribution in [2.75, 3.05) is 0 Å². The van der Waals surface area contributed by atoms with Gasteiger partial charge in [-0.1, -0.05) is 30.3 Å². The fourth-order valence-corrected chi connectivity index (χ4v) is 1.38. The topological polar surface area (TPSA) is 40.5 Å². The van der Waals surface area contributed by atoms with Gasteiger partial charge in [-0.15, -0.1) is 11.8 Å². The molecule has 2 heteroatoms. The van der Waals surface area contributed by atoms with Crippen molar-refractivity contribution >= 4 is 0 Å². The maximum absolute atomic E-state index is 9.79. The molecule has 15 heavy (non-hydrogen) atoms. The molecule has 2 nitrogen and oxygen atoms in total. The van der Waals surface area contributed by atoms with E-state index in [1.54, 1.807) is 19.1 Å². The molecule has 0 saturated carbocycles. The first kappa shape index (κ1) is 11.8. The molecule has 80 valence electrons. The highest BCUT2D eigenvalue weighted by Crippen LogP contribution is 2.19. The van der Waals surface area contributed by atoms with E-state index in [1.807, 2.05) is 18.2 Å². The highest BCUT2D eigenvalue weighted by molar-refractivity contribution is 5.18. The average molecular weight is 204 g/mol. The van der Waals surface area contributed by atoms with Crippen molar-refractivity contribution in [2.45, 2.75) is 32.0 Å². The Kier molecular flexibility index (Phi) is 4.89. The molecule has 2 atom stereocenters. The molecule has 2 N–H and O–H groups in total. The SMILES string of the molecule is CC#CCCC(O)C(O)c1ccccc1. The molecule has 0 radical (unpaired) electrons. The Bertz CT molecular complexity index is 335. The molecule has 1 aromatic carbocycles. The molecule has 0 aliphatic heterocycles. The third-order valence-electron chi connectivity index (χ3n) is 2.25. The van der Waals surface area contributed by atoms with Crippen LogP contribution in [0.5, 0.6) is 0 Å². The van der Waals surface area contributed by atoms with E-state index < -0.39 is 12.2 Å². The first-order valence-electron chi connectivity index (χ1n) is 5.06. The van der Waals surface area contributed by atoms with Gasteiger partial charge >= 0.3 is 0 Å². The van der Waals surface area contributed by atoms with Crippen LogP contribution in [0.4, 0.5) is 0 Å². The van der Waals surface area contributed by atoms with Crippen molar-refractivity contribution in [3.63, 3.8) is 0 Å². The molecule has 0 aliphatic carbocycles. The lowest BCUT2D eigenvalue weighted by molar-refractivity contribution is 0.0144. The number of hydrogen-bond donors (Lipinski definition) is 2. The van der Waals surface area contributed by atoms with Gasteiger partial charge in [-0.05, 0) is 18.9 Å². The lowest BCUT2D eigenvalue weighted by Gasteiger charge is -2.16. The fourth-order valence-electron chi connectivity index (χ4n) is 1.38. The van der Waals surface area contributed by atoms with Crippen LogP contribution in [0.1, 0.15) is 31.4 Å². The molecule has 0 aliphatic rings. The molecule has 0 spiro atoms. The zero-order valence-electron chi connectivity index (χ0n) is 8.85. The molecule has 0 bridgehead atoms. The molecule has 0 heterocycles. The first-order chi connectivity index (χ1) is 7.25. The molecule has 0 aromatic heterocycles. The largest absolute Gasteiger partial charge is 0.390 e. The third-order valence-corrected chi connectivity index (χ3v) is 2.25. The van der Waals surface area contributed by atoms with Gasteiger partial charge in [0.25, 0.3) is 0 Å². The molecular weight excluding hydrogens is 188 g/mol. The van der Waals surface area contributed by atoms with Crippen molar-refractivity contribution in [3.05, 3.63) is 35.9 Å². The number of hydrogen-bond acceptors (Lipinski definition) is 2. The van der Waals surface area contributed by atoms with Crippen LogP contribution in [0, 0.1) is 11.8 Å². The van der Waals surface area contributed by atoms with E-state index in [-0.39, 0.29) is 0 Å². The number of benzene rings is 1. The zero-order valence-corrected chi connectivity index (χ0v) is 8.85. The van der Waals surface area contributed by atoms with E-state index in [4.69, 9.17) is 0 Å². The monoisotopic (exact) mass is 204 g/mol. The van der Waals surface area contributed by atoms with E-state index in [9.17, 15) is 10.2 Å². The molecule has 0 saturated heterocycles. The van der Waals surface area contributed by atoms with Crippen LogP contribution in [-0.2, 0) is 0 Å². The summed E-state index contributed by atoms with van der Waals surface area (Å²) in [6.07, 6.45) is -0.448. The van der Waals surface area contributed by atoms with Gasteiger partial charge in [0.15, 0.2) is 0 Å². The summed E-state index contributed by atoms with van der Waals surface area (Å²) in [6.45, 7) is 1.76. The molecule has 1 rings (SSSR count). The number of rotatable bonds is 4. The Morgan fingerprint density at radius 2 is 1.87 bits per heavy atom. The average Bonchev–Trinajstić information content (AvgIpc) is 2.29. The lowest BCUT2D eigenvalue weighted by atomic mass is 10.0. The molecule has 1 aromatic rings. The summed E-state index contributed by atoms with van der Waals surface area (Å²) in [4.78, 5) is 0. The number of aliphatic hydroxyl groups is 2. The van der Waals surface area contributed by atoms with Crippen LogP contribution in [-0.4, -0.2) is 16.3 Å². The first-order valence-corrected chi connectivity index (χ1v) is 5.06. The van der Waals surface area contributed by atoms with Crippen LogP contribution in [0.25, 0.3) is 0 Å². The Morgan fingerprint density at radius 1 is 1.20 bits per heavy atom. The molecule has 0 fully saturated rings. The normalized spacial score (nSPS) is 13.8. The van der Waals surface area contributed by atoms with Gasteiger partial charge in [-0.25, -0.2) is 0 Å². The quantitative estimate of drug-likeness (QED) is 0.735. The zero-order chi connectivity index (χ0) is 11.1. The minimum Gasteiger partial charge on any atom is -0.390 e. The van der Waals surface area contributed by atoms with Crippen molar-refractivity contribution in [2.24, 2.45) is 0 Å². The minimum atomic E-state index is -0.815. The summed E-state index contributed by atoms with van der Waals surface area (Å²) in [5, 5.41) is 19.5. The van der Waals surface area contributed by atoms with E-state index in [0.717, 1.165) is 5.56 Å². The smallest absolute Gasteiger partial charge is 0.105 e. The third kappa shape index (κ3) is 3.75. The van der Waals surface area contributed by atoms with Gasteiger partial charge in [0.05, 0.1) is 6.10 Å². The van der Waals surface area contributed by atoms with Crippen molar-refractivity contribution in [1.82, 2.24) is 0 Å². The van der Waals surface area contributed by atoms with Gasteiger partial charge in [0.2, 0.25) is 0 Å². The highest BCUT2D eigenvalue weighted by atomic mass is 16.3. The fraction of sp³-hybridized carbons (Fsp3) is 0.385. The Balaban J connectivity index is 2.52. The Labute approximate surface area is 90.6 Å². The van der Waals surface area contributed by atoms with Gasteiger partial charge in [0.1, 0.15) is 6.10 Å². The standard InChI is InChI=1S/C13H16O2/c1-2-3-5-10-12(14)13(15)11-8-6-4-7-9-11/h4,6-9,12-15H,5,10H2,1H3. The lowest BCUT2D eigenvalue weighted by Crippen LogP contribution is -2.17. The summed E-state index contributed by atoms with van der Waals surface area (Å²) in [7, 11) is 0. The van der Waals surface area contributed by atoms with E-state index in [1.165, 1.54) is 0 Å². The van der Waals surface area contributed by atoms with Crippen LogP contribution in [0.15, 0.2) is 30.3 Å². The number of aliphatic hydroxyl groups excluding tert-OH is 2. The van der Waals surface area contributed by atoms with Crippen molar-refractivity contribution < 1.29 is 10.2 Å². The van der Waals surface area contributed by atoms with E-state index in [2.05, 4.69) is 11.8 Å². The predicted molar refractivity (Wildman–Crippen MR) is 60.1 cm³/mol. The van der Waals surface area contributed by atoms with E-state index in [0.29, 0.717) is 12.8 Å². The maximum atomic E-state index is 9.79. The van der Waals surface area contributed by atoms with Gasteiger partial charge in [-0.3, -0.25) is 0 Å². The summed E-state index contributed by atoms with van der Waals surface area (Å²) >= 11 is 0. The second-order valence-electron chi connectivity index (χ2n) is 3.39. The van der Waals surface area contributed by atoms with Crippen LogP contribution in [0.2, 0.25) is 0 Å². The van der Waals surface area contributed by atoms with Crippen LogP contribution >= 0.6 is 0 Å². The van der Waals surface area contributed by atoms with E-state index >= 15 is 0 Å². The van der Waals surface area contributed by atoms with Crippen LogP contribution in [0.3, 0.4) is 0 Å². The van der Waals surface area contributed by atoms with Crippen molar-refractivity contribution in [1.29, 1.82) is 0 Å². The Morgan fingerprint density at radius 3 is 2.47 bits per heavy atom. The highest BCUT2D eigenvalue weighted by Gasteiger charge is 2.16. The Hall–Kier alpha value is -1.30.